The number of carbonyl (C=O) groups excluding carboxylic acids is 4. The van der Waals surface area contributed by atoms with Crippen molar-refractivity contribution in [2.45, 2.75) is 77.3 Å². The highest BCUT2D eigenvalue weighted by atomic mass is 35.5. The maximum atomic E-state index is 13.7. The minimum absolute atomic E-state index is 0.0203. The van der Waals surface area contributed by atoms with Crippen LogP contribution in [0.15, 0.2) is 42.5 Å². The third-order valence-electron chi connectivity index (χ3n) is 7.71. The van der Waals surface area contributed by atoms with Crippen molar-refractivity contribution >= 4 is 40.9 Å². The number of hydrogen-bond acceptors (Lipinski definition) is 6. The van der Waals surface area contributed by atoms with Gasteiger partial charge in [0.05, 0.1) is 12.2 Å². The van der Waals surface area contributed by atoms with Crippen LogP contribution in [0.4, 0.5) is 5.69 Å². The average Bonchev–Trinajstić information content (AvgIpc) is 2.96. The van der Waals surface area contributed by atoms with Gasteiger partial charge < -0.3 is 30.9 Å². The average molecular weight is 598 g/mol. The second-order valence-electron chi connectivity index (χ2n) is 11.2. The molecule has 2 heterocycles. The molecule has 2 aromatic rings. The molecule has 2 aromatic carbocycles. The summed E-state index contributed by atoms with van der Waals surface area (Å²) in [5, 5.41) is 6.24. The minimum atomic E-state index is -0.903. The highest BCUT2D eigenvalue weighted by Gasteiger charge is 2.36. The number of aryl methyl sites for hydroxylation is 1. The summed E-state index contributed by atoms with van der Waals surface area (Å²) in [7, 11) is 0. The van der Waals surface area contributed by atoms with Gasteiger partial charge in [0.25, 0.3) is 0 Å². The number of hydrogen-bond donors (Lipinski definition) is 3. The second kappa shape index (κ2) is 14.1. The van der Waals surface area contributed by atoms with Gasteiger partial charge in [0.2, 0.25) is 23.6 Å². The van der Waals surface area contributed by atoms with Crippen LogP contribution in [0, 0.1) is 6.92 Å². The number of benzene rings is 2. The third-order valence-corrected chi connectivity index (χ3v) is 8.13. The highest BCUT2D eigenvalue weighted by molar-refractivity contribution is 6.31. The number of anilines is 1. The molecule has 2 aliphatic rings. The molecule has 4 atom stereocenters. The molecule has 0 aromatic heterocycles. The van der Waals surface area contributed by atoms with E-state index in [0.29, 0.717) is 30.2 Å². The van der Waals surface area contributed by atoms with Crippen LogP contribution in [0.1, 0.15) is 49.8 Å². The Bertz CT molecular complexity index is 1310. The molecule has 4 amide bonds. The molecule has 0 spiro atoms. The molecule has 1 fully saturated rings. The van der Waals surface area contributed by atoms with E-state index in [2.05, 4.69) is 10.6 Å². The zero-order valence-corrected chi connectivity index (χ0v) is 25.2. The van der Waals surface area contributed by atoms with E-state index in [-0.39, 0.29) is 56.4 Å². The number of nitrogens with one attached hydrogen (secondary N) is 2. The summed E-state index contributed by atoms with van der Waals surface area (Å²) in [5.41, 5.74) is 9.06. The topological polar surface area (TPSA) is 134 Å². The molecule has 4 N–H and O–H groups in total. The van der Waals surface area contributed by atoms with Gasteiger partial charge in [0, 0.05) is 49.6 Å². The van der Waals surface area contributed by atoms with Crippen LogP contribution < -0.4 is 16.4 Å². The quantitative estimate of drug-likeness (QED) is 0.407. The zero-order chi connectivity index (χ0) is 30.4. The summed E-state index contributed by atoms with van der Waals surface area (Å²) in [6, 6.07) is 11.1. The monoisotopic (exact) mass is 597 g/mol. The van der Waals surface area contributed by atoms with Gasteiger partial charge in [-0.15, -0.1) is 0 Å². The first-order chi connectivity index (χ1) is 20.0. The lowest BCUT2D eigenvalue weighted by Gasteiger charge is -2.37. The number of nitrogens with two attached hydrogens (primary N) is 1. The molecule has 11 heteroatoms. The third kappa shape index (κ3) is 7.87. The van der Waals surface area contributed by atoms with Gasteiger partial charge in [-0.05, 0) is 68.6 Å². The van der Waals surface area contributed by atoms with Crippen molar-refractivity contribution in [3.8, 4) is 0 Å². The molecule has 42 heavy (non-hydrogen) atoms. The zero-order valence-electron chi connectivity index (χ0n) is 24.4. The van der Waals surface area contributed by atoms with Crippen LogP contribution in [0.3, 0.4) is 0 Å². The molecular formula is C31H40ClN5O5. The number of amides is 4. The lowest BCUT2D eigenvalue weighted by atomic mass is 9.92. The Hall–Kier alpha value is -3.47. The summed E-state index contributed by atoms with van der Waals surface area (Å²) in [6.07, 6.45) is 0.404. The fraction of sp³-hybridized carbons (Fsp3) is 0.484. The van der Waals surface area contributed by atoms with E-state index in [1.54, 1.807) is 23.1 Å². The minimum Gasteiger partial charge on any atom is -0.372 e. The van der Waals surface area contributed by atoms with Gasteiger partial charge in [0.1, 0.15) is 12.1 Å². The maximum absolute atomic E-state index is 13.7. The first-order valence-electron chi connectivity index (χ1n) is 14.4. The van der Waals surface area contributed by atoms with Gasteiger partial charge in [0.15, 0.2) is 0 Å². The lowest BCUT2D eigenvalue weighted by Crippen LogP contribution is -2.56. The van der Waals surface area contributed by atoms with E-state index in [1.165, 1.54) is 4.90 Å². The number of ether oxygens (including phenoxy) is 1. The number of nitrogens with zero attached hydrogens (tertiary/aromatic N) is 2. The van der Waals surface area contributed by atoms with Crippen LogP contribution in [-0.2, 0) is 36.9 Å². The molecular weight excluding hydrogens is 558 g/mol. The molecule has 10 nitrogen and oxygen atoms in total. The molecule has 0 aliphatic carbocycles. The van der Waals surface area contributed by atoms with Crippen LogP contribution >= 0.6 is 11.6 Å². The lowest BCUT2D eigenvalue weighted by molar-refractivity contribution is -0.147. The van der Waals surface area contributed by atoms with E-state index >= 15 is 0 Å². The number of carbonyl (C=O) groups is 4. The Balaban J connectivity index is 1.46. The normalized spacial score (nSPS) is 20.8. The predicted octanol–water partition coefficient (Wildman–Crippen LogP) is 2.79. The van der Waals surface area contributed by atoms with Crippen molar-refractivity contribution in [3.63, 3.8) is 0 Å². The van der Waals surface area contributed by atoms with Gasteiger partial charge in [-0.2, -0.15) is 0 Å². The second-order valence-corrected chi connectivity index (χ2v) is 11.6. The fourth-order valence-corrected chi connectivity index (χ4v) is 5.69. The van der Waals surface area contributed by atoms with Crippen molar-refractivity contribution in [2.24, 2.45) is 5.73 Å². The van der Waals surface area contributed by atoms with Crippen LogP contribution in [0.5, 0.6) is 0 Å². The Morgan fingerprint density at radius 3 is 2.36 bits per heavy atom. The van der Waals surface area contributed by atoms with E-state index in [0.717, 1.165) is 16.7 Å². The molecule has 0 saturated carbocycles. The van der Waals surface area contributed by atoms with E-state index < -0.39 is 23.9 Å². The van der Waals surface area contributed by atoms with E-state index in [9.17, 15) is 19.2 Å². The maximum Gasteiger partial charge on any atom is 0.246 e. The SMILES string of the molecule is Cc1cc(NC(=O)C(CCN)NC(=O)C2Cc3ccccc3CN2C(=O)CCC(=O)N2C[C@@H](C)O[C@@H](C)C2)ccc1Cl. The number of halogens is 1. The first-order valence-corrected chi connectivity index (χ1v) is 14.8. The van der Waals surface area contributed by atoms with Gasteiger partial charge >= 0.3 is 0 Å². The Morgan fingerprint density at radius 2 is 1.69 bits per heavy atom. The number of fused-ring (bicyclic) bond motifs is 1. The standard InChI is InChI=1S/C31H40ClN5O5/c1-19-14-24(8-9-25(19)32)34-30(40)26(12-13-33)35-31(41)27-15-22-6-4-5-7-23(22)18-37(27)29(39)11-10-28(38)36-16-20(2)42-21(3)17-36/h4-9,14,20-21,26-27H,10-13,15-18,33H2,1-3H3,(H,34,40)(H,35,41)/t20-,21+,26?,27?. The van der Waals surface area contributed by atoms with Gasteiger partial charge in [-0.25, -0.2) is 0 Å². The molecule has 0 radical (unpaired) electrons. The summed E-state index contributed by atoms with van der Waals surface area (Å²) < 4.78 is 5.71. The molecule has 1 saturated heterocycles. The summed E-state index contributed by atoms with van der Waals surface area (Å²) in [5.74, 6) is -1.25. The van der Waals surface area contributed by atoms with Gasteiger partial charge in [-0.1, -0.05) is 35.9 Å². The van der Waals surface area contributed by atoms with Crippen molar-refractivity contribution in [3.05, 3.63) is 64.2 Å². The van der Waals surface area contributed by atoms with Crippen molar-refractivity contribution in [1.82, 2.24) is 15.1 Å². The van der Waals surface area contributed by atoms with E-state index in [1.807, 2.05) is 45.0 Å². The molecule has 2 aliphatic heterocycles. The Kier molecular flexibility index (Phi) is 10.6. The fourth-order valence-electron chi connectivity index (χ4n) is 5.57. The summed E-state index contributed by atoms with van der Waals surface area (Å²) in [4.78, 5) is 56.6. The largest absolute Gasteiger partial charge is 0.372 e. The Morgan fingerprint density at radius 1 is 1.02 bits per heavy atom. The summed E-state index contributed by atoms with van der Waals surface area (Å²) >= 11 is 6.11. The molecule has 4 rings (SSSR count). The van der Waals surface area contributed by atoms with Crippen molar-refractivity contribution in [1.29, 1.82) is 0 Å². The Labute approximate surface area is 251 Å². The van der Waals surface area contributed by atoms with E-state index in [4.69, 9.17) is 22.1 Å². The van der Waals surface area contributed by atoms with Crippen molar-refractivity contribution < 1.29 is 23.9 Å². The van der Waals surface area contributed by atoms with Gasteiger partial charge in [-0.3, -0.25) is 19.2 Å². The van der Waals surface area contributed by atoms with Crippen LogP contribution in [0.25, 0.3) is 0 Å². The first kappa shape index (κ1) is 31.5. The smallest absolute Gasteiger partial charge is 0.246 e. The summed E-state index contributed by atoms with van der Waals surface area (Å²) in [6.45, 7) is 7.06. The molecule has 226 valence electrons. The van der Waals surface area contributed by atoms with Crippen molar-refractivity contribution in [2.75, 3.05) is 25.0 Å². The predicted molar refractivity (Wildman–Crippen MR) is 161 cm³/mol. The highest BCUT2D eigenvalue weighted by Crippen LogP contribution is 2.25. The molecule has 0 bridgehead atoms. The van der Waals surface area contributed by atoms with Crippen LogP contribution in [0.2, 0.25) is 5.02 Å². The van der Waals surface area contributed by atoms with Crippen LogP contribution in [-0.4, -0.2) is 77.4 Å². The number of rotatable bonds is 9. The molecule has 2 unspecified atom stereocenters. The number of morpholine rings is 1.